The molecule has 8 heteroatoms. The summed E-state index contributed by atoms with van der Waals surface area (Å²) in [6.07, 6.45) is 0. The van der Waals surface area contributed by atoms with Crippen LogP contribution in [-0.4, -0.2) is 38.9 Å². The summed E-state index contributed by atoms with van der Waals surface area (Å²) in [5.74, 6) is 0. The fraction of sp³-hybridized carbons (Fsp3) is 0.250. The van der Waals surface area contributed by atoms with E-state index in [1.165, 1.54) is 10.4 Å². The number of piperazine rings is 1. The number of hydrogen-bond donors (Lipinski definition) is 0. The Labute approximate surface area is 156 Å². The van der Waals surface area contributed by atoms with E-state index in [-0.39, 0.29) is 9.92 Å². The minimum absolute atomic E-state index is 0.135. The number of halogens is 3. The van der Waals surface area contributed by atoms with Crippen molar-refractivity contribution in [1.29, 1.82) is 0 Å². The van der Waals surface area contributed by atoms with E-state index in [2.05, 4.69) is 0 Å². The first-order valence-electron chi connectivity index (χ1n) is 7.35. The van der Waals surface area contributed by atoms with Crippen molar-refractivity contribution in [1.82, 2.24) is 4.31 Å². The minimum atomic E-state index is -3.61. The van der Waals surface area contributed by atoms with E-state index in [9.17, 15) is 8.42 Å². The summed E-state index contributed by atoms with van der Waals surface area (Å²) in [6.45, 7) is 1.70. The highest BCUT2D eigenvalue weighted by Crippen LogP contribution is 2.34. The minimum Gasteiger partial charge on any atom is -0.366 e. The molecule has 0 aliphatic carbocycles. The molecule has 0 atom stereocenters. The zero-order valence-electron chi connectivity index (χ0n) is 12.6. The van der Waals surface area contributed by atoms with Gasteiger partial charge in [0.2, 0.25) is 10.0 Å². The Kier molecular flexibility index (Phi) is 5.27. The van der Waals surface area contributed by atoms with E-state index in [0.29, 0.717) is 36.2 Å². The second kappa shape index (κ2) is 7.10. The Balaban J connectivity index is 1.79. The summed E-state index contributed by atoms with van der Waals surface area (Å²) in [6, 6.07) is 11.8. The Hall–Kier alpha value is -0.980. The Morgan fingerprint density at radius 1 is 0.750 bits per heavy atom. The highest BCUT2D eigenvalue weighted by molar-refractivity contribution is 7.89. The van der Waals surface area contributed by atoms with Crippen molar-refractivity contribution < 1.29 is 8.42 Å². The molecule has 0 bridgehead atoms. The molecule has 2 aromatic rings. The lowest BCUT2D eigenvalue weighted by atomic mass is 10.2. The van der Waals surface area contributed by atoms with Gasteiger partial charge in [-0.3, -0.25) is 0 Å². The first kappa shape index (κ1) is 17.8. The normalized spacial score (nSPS) is 16.4. The van der Waals surface area contributed by atoms with Crippen LogP contribution in [0.25, 0.3) is 0 Å². The van der Waals surface area contributed by atoms with Crippen LogP contribution in [0.4, 0.5) is 5.69 Å². The second-order valence-corrected chi connectivity index (χ2v) is 8.52. The maximum Gasteiger partial charge on any atom is 0.244 e. The fourth-order valence-electron chi connectivity index (χ4n) is 2.74. The molecule has 1 aliphatic heterocycles. The molecule has 1 fully saturated rings. The van der Waals surface area contributed by atoms with E-state index >= 15 is 0 Å². The summed E-state index contributed by atoms with van der Waals surface area (Å²) >= 11 is 18.5. The standard InChI is InChI=1S/C16H15Cl3N2O2S/c17-12-4-1-2-7-15(12)24(22,23)21-10-8-20(9-11-21)16-13(18)5-3-6-14(16)19/h1-7H,8-11H2. The van der Waals surface area contributed by atoms with Crippen molar-refractivity contribution in [3.8, 4) is 0 Å². The summed E-state index contributed by atoms with van der Waals surface area (Å²) in [5, 5.41) is 1.35. The van der Waals surface area contributed by atoms with Crippen LogP contribution in [-0.2, 0) is 10.0 Å². The molecule has 24 heavy (non-hydrogen) atoms. The van der Waals surface area contributed by atoms with Crippen molar-refractivity contribution in [2.24, 2.45) is 0 Å². The van der Waals surface area contributed by atoms with Crippen molar-refractivity contribution in [3.05, 3.63) is 57.5 Å². The predicted molar refractivity (Wildman–Crippen MR) is 98.9 cm³/mol. The van der Waals surface area contributed by atoms with E-state index in [1.54, 1.807) is 36.4 Å². The molecule has 4 nitrogen and oxygen atoms in total. The Morgan fingerprint density at radius 3 is 1.88 bits per heavy atom. The fourth-order valence-corrected chi connectivity index (χ4v) is 5.29. The number of hydrogen-bond acceptors (Lipinski definition) is 3. The van der Waals surface area contributed by atoms with E-state index < -0.39 is 10.0 Å². The van der Waals surface area contributed by atoms with Gasteiger partial charge in [-0.2, -0.15) is 4.31 Å². The smallest absolute Gasteiger partial charge is 0.244 e. The van der Waals surface area contributed by atoms with Crippen molar-refractivity contribution in [3.63, 3.8) is 0 Å². The van der Waals surface area contributed by atoms with Gasteiger partial charge in [0.15, 0.2) is 0 Å². The van der Waals surface area contributed by atoms with Crippen molar-refractivity contribution >= 4 is 50.5 Å². The van der Waals surface area contributed by atoms with Gasteiger partial charge >= 0.3 is 0 Å². The molecular formula is C16H15Cl3N2O2S. The van der Waals surface area contributed by atoms with Crippen molar-refractivity contribution in [2.75, 3.05) is 31.1 Å². The monoisotopic (exact) mass is 404 g/mol. The average molecular weight is 406 g/mol. The lowest BCUT2D eigenvalue weighted by Gasteiger charge is -2.36. The third-order valence-electron chi connectivity index (χ3n) is 3.95. The number of benzene rings is 2. The lowest BCUT2D eigenvalue weighted by molar-refractivity contribution is 0.385. The van der Waals surface area contributed by atoms with Gasteiger partial charge in [-0.05, 0) is 24.3 Å². The molecule has 0 unspecified atom stereocenters. The third-order valence-corrected chi connectivity index (χ3v) is 6.96. The summed E-state index contributed by atoms with van der Waals surface area (Å²) in [7, 11) is -3.61. The lowest BCUT2D eigenvalue weighted by Crippen LogP contribution is -2.48. The number of anilines is 1. The van der Waals surface area contributed by atoms with Gasteiger partial charge in [0.1, 0.15) is 4.90 Å². The molecule has 0 radical (unpaired) electrons. The molecule has 1 heterocycles. The zero-order valence-corrected chi connectivity index (χ0v) is 15.7. The maximum atomic E-state index is 12.8. The third kappa shape index (κ3) is 3.37. The van der Waals surface area contributed by atoms with Crippen LogP contribution in [0.5, 0.6) is 0 Å². The molecule has 0 amide bonds. The number of sulfonamides is 1. The highest BCUT2D eigenvalue weighted by Gasteiger charge is 2.30. The molecule has 0 spiro atoms. The molecule has 1 saturated heterocycles. The Bertz CT molecular complexity index is 830. The number of nitrogens with zero attached hydrogens (tertiary/aromatic N) is 2. The van der Waals surface area contributed by atoms with E-state index in [0.717, 1.165) is 5.69 Å². The number of rotatable bonds is 3. The van der Waals surface area contributed by atoms with Crippen LogP contribution in [0.1, 0.15) is 0 Å². The topological polar surface area (TPSA) is 40.6 Å². The van der Waals surface area contributed by atoms with Gasteiger partial charge < -0.3 is 4.90 Å². The quantitative estimate of drug-likeness (QED) is 0.770. The first-order chi connectivity index (χ1) is 11.4. The Morgan fingerprint density at radius 2 is 1.29 bits per heavy atom. The van der Waals surface area contributed by atoms with Crippen molar-refractivity contribution in [2.45, 2.75) is 4.90 Å². The van der Waals surface area contributed by atoms with Gasteiger partial charge in [-0.25, -0.2) is 8.42 Å². The molecule has 128 valence electrons. The van der Waals surface area contributed by atoms with Crippen LogP contribution in [0.3, 0.4) is 0 Å². The summed E-state index contributed by atoms with van der Waals surface area (Å²) < 4.78 is 27.0. The highest BCUT2D eigenvalue weighted by atomic mass is 35.5. The van der Waals surface area contributed by atoms with Crippen LogP contribution >= 0.6 is 34.8 Å². The van der Waals surface area contributed by atoms with E-state index in [4.69, 9.17) is 34.8 Å². The molecule has 0 saturated carbocycles. The van der Waals surface area contributed by atoms with Gasteiger partial charge in [-0.1, -0.05) is 53.0 Å². The second-order valence-electron chi connectivity index (χ2n) is 5.39. The molecule has 3 rings (SSSR count). The van der Waals surface area contributed by atoms with Gasteiger partial charge in [-0.15, -0.1) is 0 Å². The van der Waals surface area contributed by atoms with Gasteiger partial charge in [0.25, 0.3) is 0 Å². The van der Waals surface area contributed by atoms with Gasteiger partial charge in [0, 0.05) is 26.2 Å². The zero-order chi connectivity index (χ0) is 17.3. The first-order valence-corrected chi connectivity index (χ1v) is 9.92. The average Bonchev–Trinajstić information content (AvgIpc) is 2.55. The largest absolute Gasteiger partial charge is 0.366 e. The van der Waals surface area contributed by atoms with Crippen LogP contribution < -0.4 is 4.90 Å². The molecule has 0 N–H and O–H groups in total. The summed E-state index contributed by atoms with van der Waals surface area (Å²) in [4.78, 5) is 2.14. The molecular weight excluding hydrogens is 391 g/mol. The van der Waals surface area contributed by atoms with Crippen LogP contribution in [0.15, 0.2) is 47.4 Å². The molecule has 1 aliphatic rings. The number of para-hydroxylation sites is 1. The molecule has 0 aromatic heterocycles. The SMILES string of the molecule is O=S(=O)(c1ccccc1Cl)N1CCN(c2c(Cl)cccc2Cl)CC1. The maximum absolute atomic E-state index is 12.8. The van der Waals surface area contributed by atoms with Crippen LogP contribution in [0, 0.1) is 0 Å². The summed E-state index contributed by atoms with van der Waals surface area (Å²) in [5.41, 5.74) is 0.746. The predicted octanol–water partition coefficient (Wildman–Crippen LogP) is 4.16. The van der Waals surface area contributed by atoms with E-state index in [1.807, 2.05) is 4.90 Å². The molecule has 2 aromatic carbocycles. The van der Waals surface area contributed by atoms with Crippen LogP contribution in [0.2, 0.25) is 15.1 Å². The van der Waals surface area contributed by atoms with Gasteiger partial charge in [0.05, 0.1) is 20.8 Å².